The number of aromatic nitrogens is 1. The molecular formula is C26H17Cl2N5O2. The number of nitrogens with zero attached hydrogens (tertiary/aromatic N) is 3. The van der Waals surface area contributed by atoms with Gasteiger partial charge in [0.2, 0.25) is 0 Å². The van der Waals surface area contributed by atoms with E-state index in [0.717, 1.165) is 27.9 Å². The summed E-state index contributed by atoms with van der Waals surface area (Å²) in [6.07, 6.45) is 2.76. The molecule has 7 nitrogen and oxygen atoms in total. The molecular weight excluding hydrogens is 485 g/mol. The van der Waals surface area contributed by atoms with E-state index < -0.39 is 6.03 Å². The van der Waals surface area contributed by atoms with E-state index in [1.165, 1.54) is 17.7 Å². The fourth-order valence-corrected chi connectivity index (χ4v) is 4.33. The van der Waals surface area contributed by atoms with Crippen LogP contribution in [0.3, 0.4) is 0 Å². The normalized spacial score (nSPS) is 13.4. The molecule has 5 rings (SSSR count). The number of fused-ring (bicyclic) bond motifs is 1. The first-order chi connectivity index (χ1) is 16.9. The number of nitriles is 1. The lowest BCUT2D eigenvalue weighted by molar-refractivity contribution is 0.248. The van der Waals surface area contributed by atoms with Gasteiger partial charge in [0, 0.05) is 17.1 Å². The number of hydrazone groups is 1. The molecule has 0 spiro atoms. The number of urea groups is 1. The number of nitrogens with one attached hydrogen (secondary N) is 2. The first kappa shape index (κ1) is 22.5. The summed E-state index contributed by atoms with van der Waals surface area (Å²) in [7, 11) is 0. The van der Waals surface area contributed by atoms with Crippen LogP contribution in [0.15, 0.2) is 84.2 Å². The molecule has 0 unspecified atom stereocenters. The molecule has 1 aliphatic rings. The predicted octanol–water partition coefficient (Wildman–Crippen LogP) is 6.78. The molecule has 0 saturated heterocycles. The zero-order chi connectivity index (χ0) is 24.5. The highest BCUT2D eigenvalue weighted by atomic mass is 35.5. The number of carbonyl (C=O) groups excluding carboxylic acids is 1. The maximum Gasteiger partial charge on any atom is 0.347 e. The quantitative estimate of drug-likeness (QED) is 0.315. The van der Waals surface area contributed by atoms with Crippen LogP contribution in [0.4, 0.5) is 10.5 Å². The minimum Gasteiger partial charge on any atom is -0.454 e. The zero-order valence-electron chi connectivity index (χ0n) is 18.2. The molecule has 1 aliphatic heterocycles. The van der Waals surface area contributed by atoms with Gasteiger partial charge in [-0.3, -0.25) is 0 Å². The predicted molar refractivity (Wildman–Crippen MR) is 137 cm³/mol. The number of carbonyl (C=O) groups is 1. The summed E-state index contributed by atoms with van der Waals surface area (Å²) in [5.41, 5.74) is 3.69. The number of aromatic amines is 1. The highest BCUT2D eigenvalue weighted by Crippen LogP contribution is 2.41. The third kappa shape index (κ3) is 4.45. The van der Waals surface area contributed by atoms with Gasteiger partial charge in [-0.25, -0.2) is 4.79 Å². The lowest BCUT2D eigenvalue weighted by atomic mass is 10.0. The molecule has 172 valence electrons. The summed E-state index contributed by atoms with van der Waals surface area (Å²) in [6.45, 7) is 3.60. The summed E-state index contributed by atoms with van der Waals surface area (Å²) in [5, 5.41) is 18.1. The van der Waals surface area contributed by atoms with Crippen molar-refractivity contribution >= 4 is 51.5 Å². The van der Waals surface area contributed by atoms with Crippen molar-refractivity contribution in [1.29, 1.82) is 5.26 Å². The Balaban J connectivity index is 1.44. The van der Waals surface area contributed by atoms with Gasteiger partial charge in [-0.2, -0.15) is 15.4 Å². The maximum absolute atomic E-state index is 12.3. The smallest absolute Gasteiger partial charge is 0.347 e. The van der Waals surface area contributed by atoms with Crippen LogP contribution in [0.2, 0.25) is 10.0 Å². The number of benzene rings is 3. The van der Waals surface area contributed by atoms with Crippen LogP contribution >= 0.6 is 23.2 Å². The number of amides is 2. The number of hydrogen-bond donors (Lipinski definition) is 2. The number of ether oxygens (including phenoxy) is 1. The Hall–Kier alpha value is -4.25. The van der Waals surface area contributed by atoms with Gasteiger partial charge in [-0.05, 0) is 47.9 Å². The molecule has 0 aliphatic carbocycles. The average Bonchev–Trinajstić information content (AvgIpc) is 3.24. The van der Waals surface area contributed by atoms with Crippen molar-refractivity contribution in [2.75, 3.05) is 5.01 Å². The van der Waals surface area contributed by atoms with E-state index in [-0.39, 0.29) is 32.9 Å². The largest absolute Gasteiger partial charge is 0.454 e. The fraction of sp³-hybridized carbons (Fsp3) is 0.0385. The second-order valence-corrected chi connectivity index (χ2v) is 8.62. The van der Waals surface area contributed by atoms with Crippen LogP contribution in [-0.4, -0.2) is 16.7 Å². The second-order valence-electron chi connectivity index (χ2n) is 7.81. The van der Waals surface area contributed by atoms with Crippen molar-refractivity contribution in [2.45, 2.75) is 6.42 Å². The lowest BCUT2D eigenvalue weighted by Crippen LogP contribution is -2.42. The van der Waals surface area contributed by atoms with E-state index >= 15 is 0 Å². The topological polar surface area (TPSA) is 93.5 Å². The van der Waals surface area contributed by atoms with E-state index in [1.807, 2.05) is 48.7 Å². The Morgan fingerprint density at radius 3 is 2.54 bits per heavy atom. The van der Waals surface area contributed by atoms with Crippen molar-refractivity contribution in [3.8, 4) is 17.6 Å². The third-order valence-corrected chi connectivity index (χ3v) is 6.03. The summed E-state index contributed by atoms with van der Waals surface area (Å²) in [4.78, 5) is 15.6. The first-order valence-electron chi connectivity index (χ1n) is 10.5. The Kier molecular flexibility index (Phi) is 5.91. The molecule has 2 N–H and O–H groups in total. The van der Waals surface area contributed by atoms with Crippen molar-refractivity contribution < 1.29 is 9.53 Å². The summed E-state index contributed by atoms with van der Waals surface area (Å²) >= 11 is 13.0. The Bertz CT molecular complexity index is 1530. The molecule has 3 aromatic carbocycles. The summed E-state index contributed by atoms with van der Waals surface area (Å²) in [6, 6.07) is 20.1. The molecule has 0 radical (unpaired) electrons. The number of allylic oxidation sites excluding steroid dienone is 1. The summed E-state index contributed by atoms with van der Waals surface area (Å²) in [5.74, 6) is 0.794. The van der Waals surface area contributed by atoms with E-state index in [1.54, 1.807) is 0 Å². The Morgan fingerprint density at radius 2 is 1.83 bits per heavy atom. The Morgan fingerprint density at radius 1 is 1.09 bits per heavy atom. The van der Waals surface area contributed by atoms with Gasteiger partial charge in [0.15, 0.2) is 11.5 Å². The van der Waals surface area contributed by atoms with Crippen LogP contribution in [0.5, 0.6) is 11.5 Å². The molecule has 35 heavy (non-hydrogen) atoms. The van der Waals surface area contributed by atoms with Gasteiger partial charge in [0.05, 0.1) is 21.4 Å². The molecule has 1 aromatic heterocycles. The molecule has 4 aromatic rings. The van der Waals surface area contributed by atoms with Gasteiger partial charge >= 0.3 is 6.03 Å². The van der Waals surface area contributed by atoms with E-state index in [0.29, 0.717) is 5.75 Å². The average molecular weight is 502 g/mol. The van der Waals surface area contributed by atoms with Crippen LogP contribution in [0.1, 0.15) is 11.1 Å². The van der Waals surface area contributed by atoms with E-state index in [2.05, 4.69) is 34.1 Å². The number of rotatable bonds is 5. The standard InChI is InChI=1S/C26H17Cl2N5O2/c1-15-24(13-29)32-33(26(34)31-15)18-10-21(27)25(22(28)11-18)35-19-7-8-23-20(12-19)17(14-30-23)9-16-5-3-2-4-6-16/h2-8,10-12,14,30H,1,9H2,(H,31,34). The second kappa shape index (κ2) is 9.18. The molecule has 0 bridgehead atoms. The highest BCUT2D eigenvalue weighted by Gasteiger charge is 2.26. The summed E-state index contributed by atoms with van der Waals surface area (Å²) < 4.78 is 6.05. The number of hydrogen-bond acceptors (Lipinski definition) is 4. The van der Waals surface area contributed by atoms with Crippen LogP contribution in [0, 0.1) is 11.3 Å². The SMILES string of the molecule is C=C1NC(=O)N(c2cc(Cl)c(Oc3ccc4[nH]cc(Cc5ccccc5)c4c3)c(Cl)c2)N=C1C#N. The third-order valence-electron chi connectivity index (χ3n) is 5.47. The number of halogens is 2. The fourth-order valence-electron chi connectivity index (χ4n) is 3.78. The molecule has 9 heteroatoms. The van der Waals surface area contributed by atoms with Gasteiger partial charge in [0.25, 0.3) is 0 Å². The highest BCUT2D eigenvalue weighted by molar-refractivity contribution is 6.37. The van der Waals surface area contributed by atoms with Gasteiger partial charge in [0.1, 0.15) is 11.8 Å². The molecule has 2 amide bonds. The zero-order valence-corrected chi connectivity index (χ0v) is 19.7. The van der Waals surface area contributed by atoms with Crippen LogP contribution < -0.4 is 15.1 Å². The van der Waals surface area contributed by atoms with Crippen molar-refractivity contribution in [3.63, 3.8) is 0 Å². The van der Waals surface area contributed by atoms with Crippen molar-refractivity contribution in [1.82, 2.24) is 10.3 Å². The maximum atomic E-state index is 12.3. The minimum atomic E-state index is -0.585. The van der Waals surface area contributed by atoms with Crippen LogP contribution in [-0.2, 0) is 6.42 Å². The molecule has 0 saturated carbocycles. The molecule has 2 heterocycles. The van der Waals surface area contributed by atoms with Gasteiger partial charge in [-0.1, -0.05) is 60.1 Å². The molecule has 0 atom stereocenters. The lowest BCUT2D eigenvalue weighted by Gasteiger charge is -2.24. The van der Waals surface area contributed by atoms with Crippen molar-refractivity contribution in [3.05, 3.63) is 100 Å². The van der Waals surface area contributed by atoms with Gasteiger partial charge in [-0.15, -0.1) is 0 Å². The van der Waals surface area contributed by atoms with E-state index in [9.17, 15) is 10.1 Å². The Labute approximate surface area is 210 Å². The van der Waals surface area contributed by atoms with Gasteiger partial charge < -0.3 is 15.0 Å². The number of anilines is 1. The number of H-pyrrole nitrogens is 1. The monoisotopic (exact) mass is 501 g/mol. The minimum absolute atomic E-state index is 0.0247. The first-order valence-corrected chi connectivity index (χ1v) is 11.3. The van der Waals surface area contributed by atoms with Crippen LogP contribution in [0.25, 0.3) is 10.9 Å². The van der Waals surface area contributed by atoms with E-state index in [4.69, 9.17) is 27.9 Å². The molecule has 0 fully saturated rings. The van der Waals surface area contributed by atoms with Crippen molar-refractivity contribution in [2.24, 2.45) is 5.10 Å².